The van der Waals surface area contributed by atoms with Crippen LogP contribution in [0.3, 0.4) is 0 Å². The molecular formula is C27H31ClFN5O4. The van der Waals surface area contributed by atoms with Gasteiger partial charge in [0.15, 0.2) is 0 Å². The van der Waals surface area contributed by atoms with Gasteiger partial charge in [-0.1, -0.05) is 17.7 Å². The predicted octanol–water partition coefficient (Wildman–Crippen LogP) is 4.80. The summed E-state index contributed by atoms with van der Waals surface area (Å²) in [7, 11) is 3.60. The van der Waals surface area contributed by atoms with Gasteiger partial charge in [0.2, 0.25) is 5.91 Å². The molecule has 38 heavy (non-hydrogen) atoms. The summed E-state index contributed by atoms with van der Waals surface area (Å²) in [4.78, 5) is 23.5. The highest BCUT2D eigenvalue weighted by Crippen LogP contribution is 2.34. The normalized spacial score (nSPS) is 15.4. The lowest BCUT2D eigenvalue weighted by Gasteiger charge is -2.17. The summed E-state index contributed by atoms with van der Waals surface area (Å²) in [6, 6.07) is 7.82. The summed E-state index contributed by atoms with van der Waals surface area (Å²) in [5.74, 6) is 0.125. The van der Waals surface area contributed by atoms with E-state index in [2.05, 4.69) is 20.6 Å². The van der Waals surface area contributed by atoms with E-state index in [1.165, 1.54) is 24.5 Å². The second-order valence-electron chi connectivity index (χ2n) is 8.93. The van der Waals surface area contributed by atoms with Crippen molar-refractivity contribution < 1.29 is 23.4 Å². The van der Waals surface area contributed by atoms with Gasteiger partial charge in [0.1, 0.15) is 30.3 Å². The van der Waals surface area contributed by atoms with Crippen LogP contribution in [0.15, 0.2) is 48.8 Å². The molecule has 1 aliphatic heterocycles. The Bertz CT molecular complexity index is 1290. The first kappa shape index (κ1) is 27.7. The molecule has 0 aliphatic carbocycles. The van der Waals surface area contributed by atoms with Gasteiger partial charge in [0.05, 0.1) is 28.9 Å². The third kappa shape index (κ3) is 7.61. The molecule has 2 aromatic carbocycles. The van der Waals surface area contributed by atoms with Crippen LogP contribution in [-0.4, -0.2) is 73.9 Å². The Morgan fingerprint density at radius 3 is 2.95 bits per heavy atom. The first-order chi connectivity index (χ1) is 18.4. The maximum atomic E-state index is 13.6. The largest absolute Gasteiger partial charge is 0.489 e. The Labute approximate surface area is 225 Å². The maximum Gasteiger partial charge on any atom is 0.248 e. The Balaban J connectivity index is 1.58. The SMILES string of the molecule is COCCN(C)C/C=C/C(=O)Nc1cc2c(Nc3ccc(F)c(Cl)c3)ncnc2cc1OC[C@@H]1CCCO1. The first-order valence-electron chi connectivity index (χ1n) is 12.3. The number of methoxy groups -OCH3 is 1. The minimum absolute atomic E-state index is 0.00244. The number of hydrogen-bond donors (Lipinski definition) is 2. The van der Waals surface area contributed by atoms with Crippen molar-refractivity contribution in [1.82, 2.24) is 14.9 Å². The van der Waals surface area contributed by atoms with E-state index in [0.717, 1.165) is 19.4 Å². The summed E-state index contributed by atoms with van der Waals surface area (Å²) < 4.78 is 30.5. The van der Waals surface area contributed by atoms with Gasteiger partial charge < -0.3 is 29.7 Å². The van der Waals surface area contributed by atoms with Gasteiger partial charge in [-0.25, -0.2) is 14.4 Å². The van der Waals surface area contributed by atoms with Crippen LogP contribution >= 0.6 is 11.6 Å². The third-order valence-corrected chi connectivity index (χ3v) is 6.28. The van der Waals surface area contributed by atoms with Crippen molar-refractivity contribution in [1.29, 1.82) is 0 Å². The molecule has 3 aromatic rings. The highest BCUT2D eigenvalue weighted by Gasteiger charge is 2.19. The van der Waals surface area contributed by atoms with Crippen molar-refractivity contribution in [3.05, 3.63) is 59.7 Å². The molecule has 9 nitrogen and oxygen atoms in total. The van der Waals surface area contributed by atoms with Crippen molar-refractivity contribution in [2.24, 2.45) is 0 Å². The zero-order valence-electron chi connectivity index (χ0n) is 21.4. The van der Waals surface area contributed by atoms with E-state index >= 15 is 0 Å². The van der Waals surface area contributed by atoms with Gasteiger partial charge in [0.25, 0.3) is 0 Å². The van der Waals surface area contributed by atoms with Crippen LogP contribution in [0.1, 0.15) is 12.8 Å². The highest BCUT2D eigenvalue weighted by molar-refractivity contribution is 6.31. The standard InChI is InChI=1S/C27H31ClFN5O4/c1-34(10-12-36-2)9-3-6-26(35)33-24-14-20-23(15-25(24)38-16-19-5-4-11-37-19)30-17-31-27(20)32-18-7-8-22(29)21(28)13-18/h3,6-8,13-15,17,19H,4-5,9-12,16H2,1-2H3,(H,33,35)(H,30,31,32)/b6-3+/t19-/m0/s1. The average Bonchev–Trinajstić information content (AvgIpc) is 3.42. The molecule has 11 heteroatoms. The molecule has 1 fully saturated rings. The number of halogens is 2. The van der Waals surface area contributed by atoms with Gasteiger partial charge in [-0.15, -0.1) is 0 Å². The fourth-order valence-electron chi connectivity index (χ4n) is 3.92. The summed E-state index contributed by atoms with van der Waals surface area (Å²) in [5.41, 5.74) is 1.63. The Kier molecular flexibility index (Phi) is 9.83. The van der Waals surface area contributed by atoms with E-state index in [9.17, 15) is 9.18 Å². The lowest BCUT2D eigenvalue weighted by molar-refractivity contribution is -0.111. The van der Waals surface area contributed by atoms with Crippen LogP contribution in [-0.2, 0) is 14.3 Å². The first-order valence-corrected chi connectivity index (χ1v) is 12.7. The number of ether oxygens (including phenoxy) is 3. The van der Waals surface area contributed by atoms with E-state index in [-0.39, 0.29) is 17.0 Å². The summed E-state index contributed by atoms with van der Waals surface area (Å²) >= 11 is 5.94. The monoisotopic (exact) mass is 543 g/mol. The van der Waals surface area contributed by atoms with E-state index in [4.69, 9.17) is 25.8 Å². The number of benzene rings is 2. The smallest absolute Gasteiger partial charge is 0.248 e. The minimum Gasteiger partial charge on any atom is -0.489 e. The number of nitrogens with one attached hydrogen (secondary N) is 2. The number of fused-ring (bicyclic) bond motifs is 1. The number of anilines is 3. The molecule has 1 saturated heterocycles. The van der Waals surface area contributed by atoms with Crippen LogP contribution in [0.25, 0.3) is 10.9 Å². The van der Waals surface area contributed by atoms with Crippen LogP contribution < -0.4 is 15.4 Å². The molecule has 1 amide bonds. The number of nitrogens with zero attached hydrogens (tertiary/aromatic N) is 3. The van der Waals surface area contributed by atoms with Crippen molar-refractivity contribution >= 4 is 45.6 Å². The fraction of sp³-hybridized carbons (Fsp3) is 0.370. The number of likely N-dealkylation sites (N-methyl/N-ethyl adjacent to an activating group) is 1. The van der Waals surface area contributed by atoms with Crippen LogP contribution in [0.4, 0.5) is 21.6 Å². The zero-order chi connectivity index (χ0) is 26.9. The Morgan fingerprint density at radius 2 is 2.18 bits per heavy atom. The number of hydrogen-bond acceptors (Lipinski definition) is 8. The van der Waals surface area contributed by atoms with E-state index < -0.39 is 5.82 Å². The number of aromatic nitrogens is 2. The predicted molar refractivity (Wildman–Crippen MR) is 146 cm³/mol. The summed E-state index contributed by atoms with van der Waals surface area (Å²) in [6.45, 7) is 3.04. The molecule has 4 rings (SSSR count). The Morgan fingerprint density at radius 1 is 1.32 bits per heavy atom. The number of amides is 1. The zero-order valence-corrected chi connectivity index (χ0v) is 22.1. The van der Waals surface area contributed by atoms with Gasteiger partial charge in [-0.2, -0.15) is 0 Å². The average molecular weight is 544 g/mol. The lowest BCUT2D eigenvalue weighted by Crippen LogP contribution is -2.23. The molecule has 0 saturated carbocycles. The number of carbonyl (C=O) groups is 1. The molecule has 1 aliphatic rings. The third-order valence-electron chi connectivity index (χ3n) is 5.99. The van der Waals surface area contributed by atoms with Crippen LogP contribution in [0.5, 0.6) is 5.75 Å². The topological polar surface area (TPSA) is 97.8 Å². The quantitative estimate of drug-likeness (QED) is 0.314. The van der Waals surface area contributed by atoms with Crippen LogP contribution in [0, 0.1) is 5.82 Å². The van der Waals surface area contributed by atoms with E-state index in [1.807, 2.05) is 11.9 Å². The van der Waals surface area contributed by atoms with Gasteiger partial charge in [-0.3, -0.25) is 4.79 Å². The van der Waals surface area contributed by atoms with E-state index in [0.29, 0.717) is 60.2 Å². The molecular weight excluding hydrogens is 513 g/mol. The van der Waals surface area contributed by atoms with Gasteiger partial charge in [-0.05, 0) is 44.2 Å². The van der Waals surface area contributed by atoms with E-state index in [1.54, 1.807) is 31.4 Å². The van der Waals surface area contributed by atoms with Crippen molar-refractivity contribution in [2.75, 3.05) is 57.7 Å². The van der Waals surface area contributed by atoms with Gasteiger partial charge >= 0.3 is 0 Å². The maximum absolute atomic E-state index is 13.6. The molecule has 1 aromatic heterocycles. The second-order valence-corrected chi connectivity index (χ2v) is 9.34. The molecule has 1 atom stereocenters. The summed E-state index contributed by atoms with van der Waals surface area (Å²) in [6.07, 6.45) is 6.61. The molecule has 202 valence electrons. The molecule has 0 spiro atoms. The molecule has 0 bridgehead atoms. The molecule has 2 heterocycles. The fourth-order valence-corrected chi connectivity index (χ4v) is 4.10. The molecule has 2 N–H and O–H groups in total. The second kappa shape index (κ2) is 13.5. The van der Waals surface area contributed by atoms with Crippen molar-refractivity contribution in [3.63, 3.8) is 0 Å². The molecule has 0 radical (unpaired) electrons. The number of carbonyl (C=O) groups excluding carboxylic acids is 1. The van der Waals surface area contributed by atoms with Crippen molar-refractivity contribution in [2.45, 2.75) is 18.9 Å². The van der Waals surface area contributed by atoms with Crippen molar-refractivity contribution in [3.8, 4) is 5.75 Å². The minimum atomic E-state index is -0.513. The lowest BCUT2D eigenvalue weighted by atomic mass is 10.1. The van der Waals surface area contributed by atoms with Crippen LogP contribution in [0.2, 0.25) is 5.02 Å². The van der Waals surface area contributed by atoms with Gasteiger partial charge in [0, 0.05) is 50.0 Å². The highest BCUT2D eigenvalue weighted by atomic mass is 35.5. The Hall–Kier alpha value is -3.31. The summed E-state index contributed by atoms with van der Waals surface area (Å²) in [5, 5.41) is 6.69. The number of rotatable bonds is 12. The molecule has 0 unspecified atom stereocenters.